The molecule has 0 aliphatic rings. The van der Waals surface area contributed by atoms with Crippen LogP contribution in [0, 0.1) is 11.6 Å². The third-order valence-electron chi connectivity index (χ3n) is 2.78. The van der Waals surface area contributed by atoms with E-state index >= 15 is 0 Å². The van der Waals surface area contributed by atoms with Crippen molar-refractivity contribution in [1.82, 2.24) is 9.97 Å². The summed E-state index contributed by atoms with van der Waals surface area (Å²) >= 11 is 0. The molecule has 0 fully saturated rings. The Bertz CT molecular complexity index is 519. The molecule has 86 valence electrons. The molecule has 2 rings (SSSR count). The highest BCUT2D eigenvalue weighted by molar-refractivity contribution is 5.75. The third-order valence-corrected chi connectivity index (χ3v) is 2.78. The van der Waals surface area contributed by atoms with Crippen LogP contribution in [0.3, 0.4) is 0 Å². The number of nitrogens with zero attached hydrogens (tertiary/aromatic N) is 1. The van der Waals surface area contributed by atoms with E-state index in [4.69, 9.17) is 5.73 Å². The quantitative estimate of drug-likeness (QED) is 0.823. The fraction of sp³-hybridized carbons (Fsp3) is 0.364. The molecule has 3 N–H and O–H groups in total. The Kier molecular flexibility index (Phi) is 2.63. The molecule has 5 heteroatoms. The summed E-state index contributed by atoms with van der Waals surface area (Å²) in [6.07, 6.45) is 0. The maximum atomic E-state index is 13.4. The van der Waals surface area contributed by atoms with Gasteiger partial charge in [-0.05, 0) is 19.1 Å². The standard InChI is InChI=1S/C11H13F2N3/c1-5(6(2)14)11-15-8-4-3-7(12)9(13)10(8)16-11/h3-6H,14H2,1-2H3,(H,15,16). The van der Waals surface area contributed by atoms with E-state index in [-0.39, 0.29) is 17.5 Å². The van der Waals surface area contributed by atoms with Gasteiger partial charge in [-0.3, -0.25) is 0 Å². The Labute approximate surface area is 91.7 Å². The number of benzene rings is 1. The van der Waals surface area contributed by atoms with Crippen LogP contribution in [0.1, 0.15) is 25.6 Å². The first-order valence-electron chi connectivity index (χ1n) is 5.10. The van der Waals surface area contributed by atoms with E-state index in [9.17, 15) is 8.78 Å². The van der Waals surface area contributed by atoms with Crippen LogP contribution in [-0.4, -0.2) is 16.0 Å². The van der Waals surface area contributed by atoms with Crippen molar-refractivity contribution in [2.45, 2.75) is 25.8 Å². The molecule has 0 saturated heterocycles. The van der Waals surface area contributed by atoms with Gasteiger partial charge < -0.3 is 10.7 Å². The van der Waals surface area contributed by atoms with Gasteiger partial charge in [0, 0.05) is 12.0 Å². The van der Waals surface area contributed by atoms with Crippen molar-refractivity contribution in [2.75, 3.05) is 0 Å². The van der Waals surface area contributed by atoms with Gasteiger partial charge in [-0.2, -0.15) is 0 Å². The van der Waals surface area contributed by atoms with Crippen LogP contribution in [-0.2, 0) is 0 Å². The maximum absolute atomic E-state index is 13.4. The minimum absolute atomic E-state index is 0.0301. The van der Waals surface area contributed by atoms with E-state index in [0.717, 1.165) is 6.07 Å². The Morgan fingerprint density at radius 1 is 1.31 bits per heavy atom. The fourth-order valence-corrected chi connectivity index (χ4v) is 1.50. The lowest BCUT2D eigenvalue weighted by Crippen LogP contribution is -2.23. The highest BCUT2D eigenvalue weighted by atomic mass is 19.2. The van der Waals surface area contributed by atoms with Crippen LogP contribution in [0.15, 0.2) is 12.1 Å². The number of fused-ring (bicyclic) bond motifs is 1. The molecule has 0 saturated carbocycles. The summed E-state index contributed by atoms with van der Waals surface area (Å²) in [6.45, 7) is 3.73. The lowest BCUT2D eigenvalue weighted by molar-refractivity contribution is 0.515. The van der Waals surface area contributed by atoms with Crippen LogP contribution in [0.2, 0.25) is 0 Å². The van der Waals surface area contributed by atoms with Gasteiger partial charge in [-0.15, -0.1) is 0 Å². The molecule has 1 aromatic carbocycles. The van der Waals surface area contributed by atoms with Crippen molar-refractivity contribution in [2.24, 2.45) is 5.73 Å². The second kappa shape index (κ2) is 3.83. The molecule has 0 radical (unpaired) electrons. The van der Waals surface area contributed by atoms with Gasteiger partial charge in [0.1, 0.15) is 11.3 Å². The second-order valence-electron chi connectivity index (χ2n) is 4.03. The fourth-order valence-electron chi connectivity index (χ4n) is 1.50. The van der Waals surface area contributed by atoms with E-state index < -0.39 is 11.6 Å². The average Bonchev–Trinajstić information content (AvgIpc) is 2.67. The zero-order chi connectivity index (χ0) is 11.9. The van der Waals surface area contributed by atoms with Gasteiger partial charge in [0.15, 0.2) is 11.6 Å². The summed E-state index contributed by atoms with van der Waals surface area (Å²) in [5.41, 5.74) is 6.25. The highest BCUT2D eigenvalue weighted by Gasteiger charge is 2.17. The van der Waals surface area contributed by atoms with Crippen LogP contribution >= 0.6 is 0 Å². The van der Waals surface area contributed by atoms with Gasteiger partial charge in [0.2, 0.25) is 0 Å². The summed E-state index contributed by atoms with van der Waals surface area (Å²) in [5, 5.41) is 0. The number of imidazole rings is 1. The smallest absolute Gasteiger partial charge is 0.186 e. The number of hydrogen-bond acceptors (Lipinski definition) is 2. The van der Waals surface area contributed by atoms with Gasteiger partial charge in [0.05, 0.1) is 5.52 Å². The van der Waals surface area contributed by atoms with Crippen molar-refractivity contribution in [3.8, 4) is 0 Å². The number of hydrogen-bond donors (Lipinski definition) is 2. The minimum atomic E-state index is -0.920. The van der Waals surface area contributed by atoms with Crippen LogP contribution < -0.4 is 5.73 Å². The van der Waals surface area contributed by atoms with Crippen molar-refractivity contribution in [1.29, 1.82) is 0 Å². The van der Waals surface area contributed by atoms with E-state index in [1.807, 2.05) is 13.8 Å². The van der Waals surface area contributed by atoms with Crippen molar-refractivity contribution < 1.29 is 8.78 Å². The van der Waals surface area contributed by atoms with Gasteiger partial charge in [0.25, 0.3) is 0 Å². The van der Waals surface area contributed by atoms with Crippen molar-refractivity contribution in [3.05, 3.63) is 29.6 Å². The normalized spacial score (nSPS) is 15.3. The summed E-state index contributed by atoms with van der Waals surface area (Å²) < 4.78 is 26.4. The zero-order valence-corrected chi connectivity index (χ0v) is 9.09. The monoisotopic (exact) mass is 225 g/mol. The molecule has 2 atom stereocenters. The molecule has 1 aromatic heterocycles. The summed E-state index contributed by atoms with van der Waals surface area (Å²) in [7, 11) is 0. The van der Waals surface area contributed by atoms with E-state index in [2.05, 4.69) is 9.97 Å². The Morgan fingerprint density at radius 2 is 2.00 bits per heavy atom. The number of aromatic nitrogens is 2. The van der Waals surface area contributed by atoms with Crippen molar-refractivity contribution in [3.63, 3.8) is 0 Å². The number of H-pyrrole nitrogens is 1. The van der Waals surface area contributed by atoms with Gasteiger partial charge >= 0.3 is 0 Å². The van der Waals surface area contributed by atoms with E-state index in [1.165, 1.54) is 6.07 Å². The first-order valence-corrected chi connectivity index (χ1v) is 5.10. The lowest BCUT2D eigenvalue weighted by Gasteiger charge is -2.11. The Balaban J connectivity index is 2.56. The molecular weight excluding hydrogens is 212 g/mol. The number of halogens is 2. The molecule has 0 bridgehead atoms. The van der Waals surface area contributed by atoms with Gasteiger partial charge in [-0.1, -0.05) is 6.92 Å². The zero-order valence-electron chi connectivity index (χ0n) is 9.09. The number of nitrogens with one attached hydrogen (secondary N) is 1. The maximum Gasteiger partial charge on any atom is 0.186 e. The number of nitrogens with two attached hydrogens (primary N) is 1. The first-order chi connectivity index (χ1) is 7.50. The Morgan fingerprint density at radius 3 is 2.62 bits per heavy atom. The topological polar surface area (TPSA) is 54.7 Å². The molecule has 16 heavy (non-hydrogen) atoms. The Hall–Kier alpha value is -1.49. The molecule has 2 aromatic rings. The molecule has 0 amide bonds. The lowest BCUT2D eigenvalue weighted by atomic mass is 10.0. The first kappa shape index (κ1) is 11.0. The van der Waals surface area contributed by atoms with Crippen LogP contribution in [0.5, 0.6) is 0 Å². The van der Waals surface area contributed by atoms with Crippen LogP contribution in [0.25, 0.3) is 11.0 Å². The van der Waals surface area contributed by atoms with E-state index in [1.54, 1.807) is 0 Å². The molecular formula is C11H13F2N3. The molecule has 1 heterocycles. The predicted molar refractivity (Wildman–Crippen MR) is 58.1 cm³/mol. The second-order valence-corrected chi connectivity index (χ2v) is 4.03. The average molecular weight is 225 g/mol. The molecule has 0 aliphatic carbocycles. The number of rotatable bonds is 2. The third kappa shape index (κ3) is 1.67. The van der Waals surface area contributed by atoms with Gasteiger partial charge in [-0.25, -0.2) is 13.8 Å². The van der Waals surface area contributed by atoms with E-state index in [0.29, 0.717) is 11.3 Å². The summed E-state index contributed by atoms with van der Waals surface area (Å²) in [6, 6.07) is 2.45. The molecule has 0 spiro atoms. The minimum Gasteiger partial charge on any atom is -0.342 e. The molecule has 0 aliphatic heterocycles. The molecule has 2 unspecified atom stereocenters. The largest absolute Gasteiger partial charge is 0.342 e. The number of aromatic amines is 1. The SMILES string of the molecule is CC(N)C(C)c1nc2c(F)c(F)ccc2[nH]1. The summed E-state index contributed by atoms with van der Waals surface area (Å²) in [4.78, 5) is 6.99. The van der Waals surface area contributed by atoms with Crippen LogP contribution in [0.4, 0.5) is 8.78 Å². The summed E-state index contributed by atoms with van der Waals surface area (Å²) in [5.74, 6) is -1.26. The predicted octanol–water partition coefficient (Wildman–Crippen LogP) is 2.29. The molecule has 3 nitrogen and oxygen atoms in total. The van der Waals surface area contributed by atoms with Crippen molar-refractivity contribution >= 4 is 11.0 Å². The highest BCUT2D eigenvalue weighted by Crippen LogP contribution is 2.22.